The molecular formula is C20H26FN3O4. The van der Waals surface area contributed by atoms with Crippen molar-refractivity contribution in [2.75, 3.05) is 25.0 Å². The first kappa shape index (κ1) is 20.3. The Morgan fingerprint density at radius 2 is 2.04 bits per heavy atom. The Kier molecular flexibility index (Phi) is 6.00. The van der Waals surface area contributed by atoms with E-state index in [1.807, 2.05) is 18.7 Å². The normalized spacial score (nSPS) is 21.5. The van der Waals surface area contributed by atoms with Crippen molar-refractivity contribution in [3.63, 3.8) is 0 Å². The molecule has 0 radical (unpaired) electrons. The summed E-state index contributed by atoms with van der Waals surface area (Å²) in [5, 5.41) is 3.23. The van der Waals surface area contributed by atoms with E-state index in [1.54, 1.807) is 13.8 Å². The van der Waals surface area contributed by atoms with E-state index in [4.69, 9.17) is 9.47 Å². The molecule has 1 saturated heterocycles. The molecule has 0 bridgehead atoms. The van der Waals surface area contributed by atoms with Crippen LogP contribution in [-0.4, -0.2) is 59.7 Å². The Balaban J connectivity index is 1.89. The van der Waals surface area contributed by atoms with Gasteiger partial charge in [0.2, 0.25) is 5.91 Å². The second-order valence-electron chi connectivity index (χ2n) is 7.16. The summed E-state index contributed by atoms with van der Waals surface area (Å²) in [5.41, 5.74) is 0.881. The number of aromatic nitrogens is 1. The monoisotopic (exact) mass is 391 g/mol. The number of halogens is 1. The summed E-state index contributed by atoms with van der Waals surface area (Å²) in [7, 11) is 0. The smallest absolute Gasteiger partial charge is 0.356 e. The third-order valence-corrected chi connectivity index (χ3v) is 4.86. The molecule has 8 heteroatoms. The zero-order chi connectivity index (χ0) is 20.4. The number of ether oxygens (including phenoxy) is 2. The number of rotatable bonds is 5. The van der Waals surface area contributed by atoms with Gasteiger partial charge in [0.15, 0.2) is 0 Å². The number of amides is 1. The minimum atomic E-state index is -0.601. The molecule has 3 atom stereocenters. The zero-order valence-corrected chi connectivity index (χ0v) is 16.5. The van der Waals surface area contributed by atoms with Crippen molar-refractivity contribution in [1.29, 1.82) is 0 Å². The molecule has 0 unspecified atom stereocenters. The molecule has 3 rings (SSSR count). The van der Waals surface area contributed by atoms with E-state index in [2.05, 4.69) is 10.3 Å². The highest BCUT2D eigenvalue weighted by molar-refractivity contribution is 6.11. The van der Waals surface area contributed by atoms with Crippen molar-refractivity contribution >= 4 is 28.5 Å². The maximum atomic E-state index is 13.8. The van der Waals surface area contributed by atoms with E-state index in [1.165, 1.54) is 18.2 Å². The van der Waals surface area contributed by atoms with Crippen LogP contribution in [0.3, 0.4) is 0 Å². The van der Waals surface area contributed by atoms with Gasteiger partial charge in [-0.15, -0.1) is 0 Å². The summed E-state index contributed by atoms with van der Waals surface area (Å²) in [4.78, 5) is 30.2. The minimum Gasteiger partial charge on any atom is -0.461 e. The summed E-state index contributed by atoms with van der Waals surface area (Å²) < 4.78 is 24.6. The van der Waals surface area contributed by atoms with E-state index in [9.17, 15) is 14.0 Å². The number of nitrogens with one attached hydrogen (secondary N) is 2. The van der Waals surface area contributed by atoms with Crippen molar-refractivity contribution in [3.05, 3.63) is 29.7 Å². The molecule has 1 fully saturated rings. The quantitative estimate of drug-likeness (QED) is 0.766. The number of H-pyrrole nitrogens is 1. The molecule has 0 saturated carbocycles. The van der Waals surface area contributed by atoms with Gasteiger partial charge >= 0.3 is 5.97 Å². The van der Waals surface area contributed by atoms with E-state index in [0.29, 0.717) is 24.0 Å². The predicted molar refractivity (Wildman–Crippen MR) is 104 cm³/mol. The first-order valence-electron chi connectivity index (χ1n) is 9.48. The molecule has 152 valence electrons. The Morgan fingerprint density at radius 1 is 1.36 bits per heavy atom. The largest absolute Gasteiger partial charge is 0.461 e. The lowest BCUT2D eigenvalue weighted by molar-refractivity contribution is -0.126. The topological polar surface area (TPSA) is 83.7 Å². The van der Waals surface area contributed by atoms with Gasteiger partial charge in [-0.25, -0.2) is 9.18 Å². The number of benzene rings is 1. The van der Waals surface area contributed by atoms with E-state index < -0.39 is 17.8 Å². The molecule has 1 aromatic heterocycles. The van der Waals surface area contributed by atoms with E-state index >= 15 is 0 Å². The minimum absolute atomic E-state index is 0.0243. The molecule has 1 aliphatic heterocycles. The number of hydrogen-bond donors (Lipinski definition) is 2. The highest BCUT2D eigenvalue weighted by atomic mass is 19.1. The number of carbonyl (C=O) groups is 2. The van der Waals surface area contributed by atoms with Crippen LogP contribution < -0.4 is 5.32 Å². The number of anilines is 1. The Labute approximate surface area is 163 Å². The SMILES string of the molecule is CCOC(=O)c1[nH]c2ccc(F)cc2c1NC(=O)[C@@H](C)N1C[C@@H](C)O[C@H](C)C1. The predicted octanol–water partition coefficient (Wildman–Crippen LogP) is 2.92. The van der Waals surface area contributed by atoms with Gasteiger partial charge in [0.05, 0.1) is 30.5 Å². The van der Waals surface area contributed by atoms with Crippen molar-refractivity contribution in [1.82, 2.24) is 9.88 Å². The summed E-state index contributed by atoms with van der Waals surface area (Å²) in [6.45, 7) is 8.89. The van der Waals surface area contributed by atoms with Crippen LogP contribution in [0.5, 0.6) is 0 Å². The van der Waals surface area contributed by atoms with Gasteiger partial charge in [0.1, 0.15) is 11.5 Å². The lowest BCUT2D eigenvalue weighted by atomic mass is 10.1. The summed E-state index contributed by atoms with van der Waals surface area (Å²) >= 11 is 0. The molecule has 2 aromatic rings. The van der Waals surface area contributed by atoms with Crippen LogP contribution in [0.25, 0.3) is 10.9 Å². The van der Waals surface area contributed by atoms with Crippen LogP contribution in [-0.2, 0) is 14.3 Å². The number of hydrogen-bond acceptors (Lipinski definition) is 5. The van der Waals surface area contributed by atoms with Gasteiger partial charge in [-0.1, -0.05) is 0 Å². The fourth-order valence-corrected chi connectivity index (χ4v) is 3.58. The lowest BCUT2D eigenvalue weighted by Crippen LogP contribution is -2.52. The number of carbonyl (C=O) groups excluding carboxylic acids is 2. The molecular weight excluding hydrogens is 365 g/mol. The highest BCUT2D eigenvalue weighted by Crippen LogP contribution is 2.29. The molecule has 1 amide bonds. The Morgan fingerprint density at radius 3 is 2.68 bits per heavy atom. The molecule has 28 heavy (non-hydrogen) atoms. The van der Waals surface area contributed by atoms with Gasteiger partial charge in [0, 0.05) is 24.0 Å². The number of nitrogens with zero attached hydrogens (tertiary/aromatic N) is 1. The second kappa shape index (κ2) is 8.28. The van der Waals surface area contributed by atoms with Gasteiger partial charge < -0.3 is 19.8 Å². The van der Waals surface area contributed by atoms with Crippen LogP contribution in [0, 0.1) is 5.82 Å². The molecule has 7 nitrogen and oxygen atoms in total. The second-order valence-corrected chi connectivity index (χ2v) is 7.16. The number of esters is 1. The van der Waals surface area contributed by atoms with Crippen molar-refractivity contribution in [2.24, 2.45) is 0 Å². The van der Waals surface area contributed by atoms with E-state index in [0.717, 1.165) is 0 Å². The van der Waals surface area contributed by atoms with Crippen LogP contribution in [0.1, 0.15) is 38.2 Å². The summed E-state index contributed by atoms with van der Waals surface area (Å²) in [6.07, 6.45) is 0.0487. The van der Waals surface area contributed by atoms with Gasteiger partial charge in [0.25, 0.3) is 0 Å². The van der Waals surface area contributed by atoms with Crippen LogP contribution in [0.2, 0.25) is 0 Å². The number of fused-ring (bicyclic) bond motifs is 1. The van der Waals surface area contributed by atoms with Crippen LogP contribution in [0.15, 0.2) is 18.2 Å². The third-order valence-electron chi connectivity index (χ3n) is 4.86. The lowest BCUT2D eigenvalue weighted by Gasteiger charge is -2.38. The van der Waals surface area contributed by atoms with Crippen LogP contribution in [0.4, 0.5) is 10.1 Å². The maximum absolute atomic E-state index is 13.8. The number of morpholine rings is 1. The van der Waals surface area contributed by atoms with Crippen molar-refractivity contribution in [2.45, 2.75) is 45.9 Å². The fourth-order valence-electron chi connectivity index (χ4n) is 3.58. The molecule has 2 heterocycles. The van der Waals surface area contributed by atoms with Crippen molar-refractivity contribution < 1.29 is 23.5 Å². The maximum Gasteiger partial charge on any atom is 0.356 e. The Bertz CT molecular complexity index is 872. The standard InChI is InChI=1S/C20H26FN3O4/c1-5-27-20(26)18-17(15-8-14(21)6-7-16(15)22-18)23-19(25)13(4)24-9-11(2)28-12(3)10-24/h6-8,11-13,22H,5,9-10H2,1-4H3,(H,23,25)/t11-,12-,13-/m1/s1. The third kappa shape index (κ3) is 4.18. The van der Waals surface area contributed by atoms with Crippen molar-refractivity contribution in [3.8, 4) is 0 Å². The molecule has 0 spiro atoms. The molecule has 0 aliphatic carbocycles. The van der Waals surface area contributed by atoms with Gasteiger partial charge in [-0.2, -0.15) is 0 Å². The zero-order valence-electron chi connectivity index (χ0n) is 16.5. The average Bonchev–Trinajstić information content (AvgIpc) is 2.98. The van der Waals surface area contributed by atoms with Crippen LogP contribution >= 0.6 is 0 Å². The molecule has 2 N–H and O–H groups in total. The molecule has 1 aliphatic rings. The van der Waals surface area contributed by atoms with Gasteiger partial charge in [-0.3, -0.25) is 9.69 Å². The Hall–Kier alpha value is -2.45. The fraction of sp³-hybridized carbons (Fsp3) is 0.500. The first-order chi connectivity index (χ1) is 13.3. The molecule has 1 aromatic carbocycles. The average molecular weight is 391 g/mol. The highest BCUT2D eigenvalue weighted by Gasteiger charge is 2.30. The summed E-state index contributed by atoms with van der Waals surface area (Å²) in [5.74, 6) is -1.34. The summed E-state index contributed by atoms with van der Waals surface area (Å²) in [6, 6.07) is 3.66. The van der Waals surface area contributed by atoms with Gasteiger partial charge in [-0.05, 0) is 45.9 Å². The first-order valence-corrected chi connectivity index (χ1v) is 9.48. The van der Waals surface area contributed by atoms with E-state index in [-0.39, 0.29) is 36.1 Å². The number of aromatic amines is 1.